The van der Waals surface area contributed by atoms with Crippen LogP contribution in [-0.4, -0.2) is 15.5 Å². The molecule has 0 aliphatic heterocycles. The Hall–Kier alpha value is -0.400. The van der Waals surface area contributed by atoms with Gasteiger partial charge in [0.1, 0.15) is 5.82 Å². The van der Waals surface area contributed by atoms with Gasteiger partial charge in [0.05, 0.1) is 17.3 Å². The molecular formula is C8H6BrClF2O3S. The molecule has 0 aromatic heterocycles. The van der Waals surface area contributed by atoms with E-state index in [1.807, 2.05) is 0 Å². The lowest BCUT2D eigenvalue weighted by Crippen LogP contribution is -2.02. The Morgan fingerprint density at radius 1 is 1.50 bits per heavy atom. The number of halogens is 4. The van der Waals surface area contributed by atoms with Crippen molar-refractivity contribution in [3.05, 3.63) is 27.7 Å². The van der Waals surface area contributed by atoms with Crippen LogP contribution in [0.25, 0.3) is 0 Å². The first-order valence-corrected chi connectivity index (χ1v) is 7.16. The highest BCUT2D eigenvalue weighted by Gasteiger charge is 2.20. The highest BCUT2D eigenvalue weighted by molar-refractivity contribution is 9.10. The van der Waals surface area contributed by atoms with E-state index in [9.17, 15) is 17.2 Å². The van der Waals surface area contributed by atoms with Gasteiger partial charge in [-0.15, -0.1) is 0 Å². The first-order valence-electron chi connectivity index (χ1n) is 3.89. The van der Waals surface area contributed by atoms with Crippen molar-refractivity contribution in [3.8, 4) is 5.75 Å². The average molecular weight is 336 g/mol. The summed E-state index contributed by atoms with van der Waals surface area (Å²) in [6, 6.07) is 0.853. The monoisotopic (exact) mass is 334 g/mol. The Morgan fingerprint density at radius 3 is 2.50 bits per heavy atom. The Morgan fingerprint density at radius 2 is 2.06 bits per heavy atom. The molecule has 90 valence electrons. The zero-order valence-corrected chi connectivity index (χ0v) is 11.1. The first kappa shape index (κ1) is 13.7. The third-order valence-corrected chi connectivity index (χ3v) is 3.44. The second kappa shape index (κ2) is 4.85. The highest BCUT2D eigenvalue weighted by atomic mass is 79.9. The third kappa shape index (κ3) is 3.05. The van der Waals surface area contributed by atoms with E-state index in [0.717, 1.165) is 13.2 Å². The lowest BCUT2D eigenvalue weighted by Gasteiger charge is -2.10. The fraction of sp³-hybridized carbons (Fsp3) is 0.250. The Balaban J connectivity index is 3.39. The summed E-state index contributed by atoms with van der Waals surface area (Å²) in [4.78, 5) is 0. The predicted octanol–water partition coefficient (Wildman–Crippen LogP) is 2.80. The molecule has 1 aromatic rings. The standard InChI is InChI=1S/C8H6BrClF2O3S/c1-15-8-4(3-16(10,13)14)2-5(11)6(9)7(8)12/h2H,3H2,1H3. The third-order valence-electron chi connectivity index (χ3n) is 1.73. The molecule has 0 spiro atoms. The van der Waals surface area contributed by atoms with Crippen LogP contribution in [-0.2, 0) is 14.8 Å². The van der Waals surface area contributed by atoms with Crippen LogP contribution in [0.3, 0.4) is 0 Å². The summed E-state index contributed by atoms with van der Waals surface area (Å²) in [6.07, 6.45) is 0. The first-order chi connectivity index (χ1) is 7.26. The van der Waals surface area contributed by atoms with Crippen molar-refractivity contribution in [2.24, 2.45) is 0 Å². The van der Waals surface area contributed by atoms with E-state index in [0.29, 0.717) is 0 Å². The van der Waals surface area contributed by atoms with E-state index in [1.165, 1.54) is 0 Å². The molecule has 16 heavy (non-hydrogen) atoms. The van der Waals surface area contributed by atoms with E-state index >= 15 is 0 Å². The van der Waals surface area contributed by atoms with Gasteiger partial charge in [-0.3, -0.25) is 0 Å². The van der Waals surface area contributed by atoms with Crippen molar-refractivity contribution in [1.82, 2.24) is 0 Å². The zero-order valence-electron chi connectivity index (χ0n) is 7.93. The molecule has 3 nitrogen and oxygen atoms in total. The normalized spacial score (nSPS) is 11.6. The minimum Gasteiger partial charge on any atom is -0.493 e. The average Bonchev–Trinajstić information content (AvgIpc) is 2.12. The molecule has 0 heterocycles. The second-order valence-electron chi connectivity index (χ2n) is 2.86. The van der Waals surface area contributed by atoms with Crippen molar-refractivity contribution in [2.45, 2.75) is 5.75 Å². The van der Waals surface area contributed by atoms with Gasteiger partial charge in [0, 0.05) is 16.2 Å². The molecule has 0 aliphatic rings. The maximum Gasteiger partial charge on any atom is 0.236 e. The van der Waals surface area contributed by atoms with E-state index < -0.39 is 30.9 Å². The van der Waals surface area contributed by atoms with Gasteiger partial charge in [0.15, 0.2) is 11.6 Å². The van der Waals surface area contributed by atoms with Gasteiger partial charge in [-0.1, -0.05) is 0 Å². The maximum atomic E-state index is 13.4. The largest absolute Gasteiger partial charge is 0.493 e. The fourth-order valence-electron chi connectivity index (χ4n) is 1.14. The predicted molar refractivity (Wildman–Crippen MR) is 59.1 cm³/mol. The van der Waals surface area contributed by atoms with Gasteiger partial charge < -0.3 is 4.74 Å². The van der Waals surface area contributed by atoms with Crippen molar-refractivity contribution >= 4 is 35.7 Å². The molecule has 8 heteroatoms. The van der Waals surface area contributed by atoms with Crippen molar-refractivity contribution < 1.29 is 21.9 Å². The van der Waals surface area contributed by atoms with Gasteiger partial charge >= 0.3 is 0 Å². The SMILES string of the molecule is COc1c(CS(=O)(=O)Cl)cc(F)c(Br)c1F. The zero-order chi connectivity index (χ0) is 12.5. The van der Waals surface area contributed by atoms with Crippen LogP contribution in [0.1, 0.15) is 5.56 Å². The Kier molecular flexibility index (Phi) is 4.14. The highest BCUT2D eigenvalue weighted by Crippen LogP contribution is 2.32. The Labute approximate surface area is 104 Å². The molecule has 0 atom stereocenters. The van der Waals surface area contributed by atoms with Gasteiger partial charge in [-0.2, -0.15) is 0 Å². The van der Waals surface area contributed by atoms with Crippen LogP contribution in [0.4, 0.5) is 8.78 Å². The molecule has 0 fully saturated rings. The van der Waals surface area contributed by atoms with E-state index in [1.54, 1.807) is 0 Å². The summed E-state index contributed by atoms with van der Waals surface area (Å²) in [5, 5.41) is 0. The van der Waals surface area contributed by atoms with Crippen LogP contribution >= 0.6 is 26.6 Å². The molecule has 0 radical (unpaired) electrons. The molecule has 1 aromatic carbocycles. The van der Waals surface area contributed by atoms with E-state index in [-0.39, 0.29) is 11.3 Å². The van der Waals surface area contributed by atoms with Gasteiger partial charge in [0.25, 0.3) is 0 Å². The summed E-state index contributed by atoms with van der Waals surface area (Å²) in [5.41, 5.74) is -0.171. The van der Waals surface area contributed by atoms with Crippen LogP contribution in [0.5, 0.6) is 5.75 Å². The lowest BCUT2D eigenvalue weighted by molar-refractivity contribution is 0.378. The summed E-state index contributed by atoms with van der Waals surface area (Å²) >= 11 is 2.67. The molecule has 0 amide bonds. The molecule has 0 saturated heterocycles. The molecule has 0 saturated carbocycles. The van der Waals surface area contributed by atoms with E-state index in [2.05, 4.69) is 20.7 Å². The molecule has 0 bridgehead atoms. The van der Waals surface area contributed by atoms with Gasteiger partial charge in [0.2, 0.25) is 9.05 Å². The second-order valence-corrected chi connectivity index (χ2v) is 6.43. The molecule has 1 rings (SSSR count). The minimum atomic E-state index is -3.91. The maximum absolute atomic E-state index is 13.4. The summed E-state index contributed by atoms with van der Waals surface area (Å²) in [5.74, 6) is -2.98. The van der Waals surface area contributed by atoms with Crippen LogP contribution in [0.2, 0.25) is 0 Å². The number of rotatable bonds is 3. The molecule has 0 aliphatic carbocycles. The quantitative estimate of drug-likeness (QED) is 0.630. The fourth-order valence-corrected chi connectivity index (χ4v) is 2.37. The van der Waals surface area contributed by atoms with E-state index in [4.69, 9.17) is 10.7 Å². The summed E-state index contributed by atoms with van der Waals surface area (Å²) in [7, 11) is 2.23. The number of hydrogen-bond acceptors (Lipinski definition) is 3. The topological polar surface area (TPSA) is 43.4 Å². The number of ether oxygens (including phenoxy) is 1. The summed E-state index contributed by atoms with van der Waals surface area (Å²) < 4.78 is 52.5. The van der Waals surface area contributed by atoms with Crippen molar-refractivity contribution in [3.63, 3.8) is 0 Å². The molecule has 0 N–H and O–H groups in total. The lowest BCUT2D eigenvalue weighted by atomic mass is 10.2. The molecular weight excluding hydrogens is 330 g/mol. The number of methoxy groups -OCH3 is 1. The number of hydrogen-bond donors (Lipinski definition) is 0. The van der Waals surface area contributed by atoms with Gasteiger partial charge in [-0.05, 0) is 22.0 Å². The van der Waals surface area contributed by atoms with Crippen LogP contribution in [0.15, 0.2) is 10.5 Å². The van der Waals surface area contributed by atoms with Gasteiger partial charge in [-0.25, -0.2) is 17.2 Å². The summed E-state index contributed by atoms with van der Waals surface area (Å²) in [6.45, 7) is 0. The van der Waals surface area contributed by atoms with Crippen molar-refractivity contribution in [2.75, 3.05) is 7.11 Å². The van der Waals surface area contributed by atoms with Crippen molar-refractivity contribution in [1.29, 1.82) is 0 Å². The van der Waals surface area contributed by atoms with Crippen LogP contribution < -0.4 is 4.74 Å². The molecule has 0 unspecified atom stereocenters. The number of benzene rings is 1. The Bertz CT molecular complexity index is 519. The van der Waals surface area contributed by atoms with Crippen LogP contribution in [0, 0.1) is 11.6 Å². The minimum absolute atomic E-state index is 0.171. The smallest absolute Gasteiger partial charge is 0.236 e.